The molecule has 0 fully saturated rings. The first-order chi connectivity index (χ1) is 13.4. The Kier molecular flexibility index (Phi) is 5.82. The van der Waals surface area contributed by atoms with Crippen LogP contribution in [0.25, 0.3) is 0 Å². The van der Waals surface area contributed by atoms with Crippen LogP contribution < -0.4 is 5.32 Å². The molecule has 0 saturated carbocycles. The summed E-state index contributed by atoms with van der Waals surface area (Å²) in [5.74, 6) is 0. The minimum atomic E-state index is -4.42. The third-order valence-electron chi connectivity index (χ3n) is 4.00. The highest BCUT2D eigenvalue weighted by atomic mass is 32.2. The van der Waals surface area contributed by atoms with E-state index in [1.165, 1.54) is 35.1 Å². The Bertz CT molecular complexity index is 1050. The third-order valence-corrected chi connectivity index (χ3v) is 6.68. The molecule has 1 aliphatic rings. The number of hydrogen-bond donors (Lipinski definition) is 1. The number of aromatic nitrogens is 1. The van der Waals surface area contributed by atoms with E-state index in [4.69, 9.17) is 4.84 Å². The molecule has 146 valence electrons. The number of fused-ring (bicyclic) bond motifs is 1. The number of hydrogen-bond acceptors (Lipinski definition) is 9. The van der Waals surface area contributed by atoms with Crippen LogP contribution in [0.5, 0.6) is 0 Å². The van der Waals surface area contributed by atoms with Gasteiger partial charge in [0.15, 0.2) is 4.90 Å². The molecule has 0 amide bonds. The van der Waals surface area contributed by atoms with Gasteiger partial charge in [-0.25, -0.2) is 13.4 Å². The van der Waals surface area contributed by atoms with Gasteiger partial charge in [0.25, 0.3) is 15.7 Å². The molecular weight excluding hydrogens is 406 g/mol. The number of thiazole rings is 1. The maximum Gasteiger partial charge on any atom is 0.289 e. The molecule has 28 heavy (non-hydrogen) atoms. The van der Waals surface area contributed by atoms with Crippen LogP contribution in [-0.4, -0.2) is 35.9 Å². The summed E-state index contributed by atoms with van der Waals surface area (Å²) in [6.45, 7) is 3.46. The number of nitrogens with zero attached hydrogens (tertiary/aromatic N) is 4. The maximum atomic E-state index is 13.3. The Morgan fingerprint density at radius 2 is 2.29 bits per heavy atom. The van der Waals surface area contributed by atoms with Gasteiger partial charge in [-0.1, -0.05) is 22.7 Å². The lowest BCUT2D eigenvalue weighted by Gasteiger charge is -2.33. The zero-order chi connectivity index (χ0) is 20.3. The zero-order valence-electron chi connectivity index (χ0n) is 14.4. The molecule has 3 rings (SSSR count). The van der Waals surface area contributed by atoms with Crippen LogP contribution in [0.4, 0.5) is 5.69 Å². The predicted molar refractivity (Wildman–Crippen MR) is 99.5 cm³/mol. The minimum absolute atomic E-state index is 0.0738. The molecule has 1 N–H and O–H groups in total. The lowest BCUT2D eigenvalue weighted by atomic mass is 10.1. The smallest absolute Gasteiger partial charge is 0.289 e. The van der Waals surface area contributed by atoms with E-state index in [1.54, 1.807) is 0 Å². The Hall–Kier alpha value is -2.69. The van der Waals surface area contributed by atoms with Crippen molar-refractivity contribution in [1.29, 1.82) is 5.26 Å². The molecule has 0 aliphatic carbocycles. The van der Waals surface area contributed by atoms with Crippen molar-refractivity contribution in [3.8, 4) is 6.07 Å². The van der Waals surface area contributed by atoms with Crippen molar-refractivity contribution < 1.29 is 18.2 Å². The maximum absolute atomic E-state index is 13.3. The van der Waals surface area contributed by atoms with Gasteiger partial charge in [-0.3, -0.25) is 20.3 Å². The van der Waals surface area contributed by atoms with Crippen molar-refractivity contribution in [2.24, 2.45) is 0 Å². The van der Waals surface area contributed by atoms with E-state index in [0.29, 0.717) is 10.6 Å². The van der Waals surface area contributed by atoms with Gasteiger partial charge in [0.05, 0.1) is 33.7 Å². The molecule has 2 heterocycles. The van der Waals surface area contributed by atoms with Crippen molar-refractivity contribution >= 4 is 27.0 Å². The van der Waals surface area contributed by atoms with Gasteiger partial charge in [-0.15, -0.1) is 17.9 Å². The molecule has 0 radical (unpaired) electrons. The fraction of sp³-hybridized carbons (Fsp3) is 0.250. The largest absolute Gasteiger partial charge is 0.295 e. The van der Waals surface area contributed by atoms with Crippen LogP contribution in [0.3, 0.4) is 0 Å². The van der Waals surface area contributed by atoms with Crippen molar-refractivity contribution in [3.05, 3.63) is 63.1 Å². The van der Waals surface area contributed by atoms with Crippen molar-refractivity contribution in [1.82, 2.24) is 14.8 Å². The van der Waals surface area contributed by atoms with E-state index in [1.807, 2.05) is 0 Å². The summed E-state index contributed by atoms with van der Waals surface area (Å²) >= 11 is 1.19. The average Bonchev–Trinajstić information content (AvgIpc) is 3.18. The second-order valence-corrected chi connectivity index (χ2v) is 8.29. The van der Waals surface area contributed by atoms with Crippen LogP contribution in [-0.2, 0) is 14.9 Å². The number of nitriles is 1. The monoisotopic (exact) mass is 421 g/mol. The second kappa shape index (κ2) is 8.13. The highest BCUT2D eigenvalue weighted by Gasteiger charge is 2.42. The number of benzene rings is 1. The van der Waals surface area contributed by atoms with Gasteiger partial charge in [0.1, 0.15) is 12.1 Å². The molecule has 2 unspecified atom stereocenters. The fourth-order valence-corrected chi connectivity index (χ4v) is 5.34. The van der Waals surface area contributed by atoms with E-state index in [0.717, 1.165) is 16.6 Å². The molecule has 1 aliphatic heterocycles. The number of nitro benzene ring substituents is 1. The van der Waals surface area contributed by atoms with Crippen molar-refractivity contribution in [2.75, 3.05) is 13.2 Å². The Labute approximate surface area is 164 Å². The first-order valence-electron chi connectivity index (χ1n) is 7.99. The normalized spacial score (nSPS) is 19.0. The molecule has 0 spiro atoms. The Morgan fingerprint density at radius 3 is 2.96 bits per heavy atom. The number of rotatable bonds is 7. The summed E-state index contributed by atoms with van der Waals surface area (Å²) in [6, 6.07) is 5.58. The number of para-hydroxylation sites is 1. The lowest BCUT2D eigenvalue weighted by molar-refractivity contribution is -0.388. The van der Waals surface area contributed by atoms with Gasteiger partial charge in [-0.05, 0) is 6.07 Å². The number of nitrogens with one attached hydrogen (secondary N) is 1. The molecule has 0 bridgehead atoms. The van der Waals surface area contributed by atoms with Gasteiger partial charge in [0.2, 0.25) is 0 Å². The highest BCUT2D eigenvalue weighted by molar-refractivity contribution is 7.89. The fourth-order valence-electron chi connectivity index (χ4n) is 2.80. The first kappa shape index (κ1) is 20.1. The highest BCUT2D eigenvalue weighted by Crippen LogP contribution is 2.38. The van der Waals surface area contributed by atoms with Gasteiger partial charge in [-0.2, -0.15) is 5.26 Å². The van der Waals surface area contributed by atoms with E-state index in [-0.39, 0.29) is 13.2 Å². The van der Waals surface area contributed by atoms with Crippen molar-refractivity contribution in [3.63, 3.8) is 0 Å². The number of hydroxylamine groups is 1. The van der Waals surface area contributed by atoms with Gasteiger partial charge < -0.3 is 0 Å². The topological polar surface area (TPSA) is 138 Å². The summed E-state index contributed by atoms with van der Waals surface area (Å²) in [5.41, 5.74) is 1.37. The van der Waals surface area contributed by atoms with Gasteiger partial charge in [0, 0.05) is 12.6 Å². The Balaban J connectivity index is 2.11. The summed E-state index contributed by atoms with van der Waals surface area (Å²) in [4.78, 5) is 20.2. The summed E-state index contributed by atoms with van der Waals surface area (Å²) in [5, 5.41) is 23.5. The minimum Gasteiger partial charge on any atom is -0.295 e. The molecule has 2 atom stereocenters. The SMILES string of the molecule is C=CCON(C1CNC(C#N)c2ncsc21)S(=O)(=O)c1ccccc1[N+](=O)[O-]. The molecule has 0 saturated heterocycles. The lowest BCUT2D eigenvalue weighted by Crippen LogP contribution is -2.44. The summed E-state index contributed by atoms with van der Waals surface area (Å²) < 4.78 is 27.3. The first-order valence-corrected chi connectivity index (χ1v) is 10.3. The number of nitro groups is 1. The van der Waals surface area contributed by atoms with E-state index in [9.17, 15) is 23.8 Å². The molecule has 12 heteroatoms. The molecule has 1 aromatic carbocycles. The van der Waals surface area contributed by atoms with E-state index >= 15 is 0 Å². The zero-order valence-corrected chi connectivity index (χ0v) is 16.0. The van der Waals surface area contributed by atoms with E-state index < -0.39 is 37.6 Å². The second-order valence-electron chi connectivity index (χ2n) is 5.66. The average molecular weight is 421 g/mol. The quantitative estimate of drug-likeness (QED) is 0.407. The van der Waals surface area contributed by atoms with Crippen molar-refractivity contribution in [2.45, 2.75) is 17.0 Å². The summed E-state index contributed by atoms with van der Waals surface area (Å²) in [7, 11) is -4.42. The van der Waals surface area contributed by atoms with Crippen LogP contribution in [0.2, 0.25) is 0 Å². The van der Waals surface area contributed by atoms with Crippen LogP contribution >= 0.6 is 11.3 Å². The predicted octanol–water partition coefficient (Wildman–Crippen LogP) is 2.07. The standard InChI is InChI=1S/C16H15N5O5S2/c1-2-7-26-21(13-9-18-11(8-17)15-16(13)27-10-19-15)28(24,25)14-6-4-3-5-12(14)20(22)23/h2-6,10-11,13,18H,1,7,9H2. The molecule has 2 aromatic rings. The van der Waals surface area contributed by atoms with Crippen LogP contribution in [0.15, 0.2) is 47.3 Å². The van der Waals surface area contributed by atoms with Crippen LogP contribution in [0, 0.1) is 21.4 Å². The molecular formula is C16H15N5O5S2. The Morgan fingerprint density at radius 1 is 1.54 bits per heavy atom. The van der Waals surface area contributed by atoms with Crippen LogP contribution in [0.1, 0.15) is 22.7 Å². The third kappa shape index (κ3) is 3.53. The summed E-state index contributed by atoms with van der Waals surface area (Å²) in [6.07, 6.45) is 1.36. The van der Waals surface area contributed by atoms with Gasteiger partial charge >= 0.3 is 0 Å². The van der Waals surface area contributed by atoms with E-state index in [2.05, 4.69) is 22.9 Å². The molecule has 1 aromatic heterocycles. The number of sulfonamides is 1. The molecule has 10 nitrogen and oxygen atoms in total.